The molecule has 1 heterocycles. The van der Waals surface area contributed by atoms with Gasteiger partial charge >= 0.3 is 0 Å². The number of nitrogens with one attached hydrogen (secondary N) is 1. The van der Waals surface area contributed by atoms with Crippen molar-refractivity contribution in [1.82, 2.24) is 10.2 Å². The third-order valence-electron chi connectivity index (χ3n) is 4.04. The molecule has 1 aromatic carbocycles. The van der Waals surface area contributed by atoms with Crippen molar-refractivity contribution in [3.8, 4) is 5.75 Å². The molecule has 1 saturated heterocycles. The predicted octanol–water partition coefficient (Wildman–Crippen LogP) is 2.47. The fourth-order valence-electron chi connectivity index (χ4n) is 2.69. The van der Waals surface area contributed by atoms with Crippen LogP contribution in [0, 0.1) is 5.92 Å². The average Bonchev–Trinajstić information content (AvgIpc) is 2.54. The summed E-state index contributed by atoms with van der Waals surface area (Å²) in [6.07, 6.45) is 2.71. The predicted molar refractivity (Wildman–Crippen MR) is 89.1 cm³/mol. The van der Waals surface area contributed by atoms with Gasteiger partial charge in [0.15, 0.2) is 0 Å². The third-order valence-corrected chi connectivity index (χ3v) is 4.04. The van der Waals surface area contributed by atoms with Gasteiger partial charge in [-0.15, -0.1) is 0 Å². The summed E-state index contributed by atoms with van der Waals surface area (Å²) in [5.74, 6) is 1.61. The van der Waals surface area contributed by atoms with E-state index in [0.717, 1.165) is 43.9 Å². The van der Waals surface area contributed by atoms with Gasteiger partial charge in [-0.25, -0.2) is 0 Å². The SMILES string of the molecule is CNC1CCCN(C(=O)Cc2ccc(OCC(C)C)cc2)C1. The van der Waals surface area contributed by atoms with Crippen LogP contribution in [0.3, 0.4) is 0 Å². The maximum atomic E-state index is 12.4. The van der Waals surface area contributed by atoms with Crippen molar-refractivity contribution in [2.75, 3.05) is 26.7 Å². The first kappa shape index (κ1) is 16.8. The standard InChI is InChI=1S/C18H28N2O2/c1-14(2)13-22-17-8-6-15(7-9-17)11-18(21)20-10-4-5-16(12-20)19-3/h6-9,14,16,19H,4-5,10-13H2,1-3H3. The molecule has 22 heavy (non-hydrogen) atoms. The lowest BCUT2D eigenvalue weighted by Crippen LogP contribution is -2.47. The second-order valence-electron chi connectivity index (χ2n) is 6.49. The van der Waals surface area contributed by atoms with Gasteiger partial charge in [-0.2, -0.15) is 0 Å². The minimum atomic E-state index is 0.218. The van der Waals surface area contributed by atoms with Crippen molar-refractivity contribution in [2.45, 2.75) is 39.2 Å². The van der Waals surface area contributed by atoms with Gasteiger partial charge in [-0.1, -0.05) is 26.0 Å². The number of likely N-dealkylation sites (tertiary alicyclic amines) is 1. The van der Waals surface area contributed by atoms with Crippen LogP contribution < -0.4 is 10.1 Å². The van der Waals surface area contributed by atoms with E-state index >= 15 is 0 Å². The van der Waals surface area contributed by atoms with Crippen LogP contribution in [0.2, 0.25) is 0 Å². The molecule has 2 rings (SSSR count). The molecule has 0 saturated carbocycles. The minimum absolute atomic E-state index is 0.218. The van der Waals surface area contributed by atoms with Crippen LogP contribution in [-0.2, 0) is 11.2 Å². The first-order chi connectivity index (χ1) is 10.6. The van der Waals surface area contributed by atoms with E-state index in [-0.39, 0.29) is 5.91 Å². The Morgan fingerprint density at radius 3 is 2.73 bits per heavy atom. The van der Waals surface area contributed by atoms with Crippen molar-refractivity contribution >= 4 is 5.91 Å². The van der Waals surface area contributed by atoms with E-state index in [2.05, 4.69) is 19.2 Å². The highest BCUT2D eigenvalue weighted by Crippen LogP contribution is 2.16. The summed E-state index contributed by atoms with van der Waals surface area (Å²) in [7, 11) is 1.97. The van der Waals surface area contributed by atoms with E-state index < -0.39 is 0 Å². The highest BCUT2D eigenvalue weighted by atomic mass is 16.5. The van der Waals surface area contributed by atoms with Crippen molar-refractivity contribution < 1.29 is 9.53 Å². The molecule has 0 radical (unpaired) electrons. The lowest BCUT2D eigenvalue weighted by molar-refractivity contribution is -0.131. The Morgan fingerprint density at radius 2 is 2.09 bits per heavy atom. The topological polar surface area (TPSA) is 41.6 Å². The van der Waals surface area contributed by atoms with Crippen LogP contribution in [0.25, 0.3) is 0 Å². The Morgan fingerprint density at radius 1 is 1.36 bits per heavy atom. The molecule has 0 aliphatic carbocycles. The monoisotopic (exact) mass is 304 g/mol. The van der Waals surface area contributed by atoms with Gasteiger partial charge in [0.1, 0.15) is 5.75 Å². The highest BCUT2D eigenvalue weighted by Gasteiger charge is 2.22. The fraction of sp³-hybridized carbons (Fsp3) is 0.611. The summed E-state index contributed by atoms with van der Waals surface area (Å²) in [5.41, 5.74) is 1.05. The summed E-state index contributed by atoms with van der Waals surface area (Å²) in [6.45, 7) is 6.68. The number of hydrogen-bond acceptors (Lipinski definition) is 3. The maximum Gasteiger partial charge on any atom is 0.227 e. The summed E-state index contributed by atoms with van der Waals surface area (Å²) in [5, 5.41) is 3.27. The third kappa shape index (κ3) is 5.02. The molecule has 1 amide bonds. The van der Waals surface area contributed by atoms with E-state index in [0.29, 0.717) is 18.4 Å². The van der Waals surface area contributed by atoms with Crippen LogP contribution in [0.15, 0.2) is 24.3 Å². The van der Waals surface area contributed by atoms with Gasteiger partial charge in [0.2, 0.25) is 5.91 Å². The molecule has 0 spiro atoms. The molecule has 1 atom stereocenters. The minimum Gasteiger partial charge on any atom is -0.493 e. The molecule has 4 nitrogen and oxygen atoms in total. The molecule has 1 aliphatic rings. The largest absolute Gasteiger partial charge is 0.493 e. The molecule has 122 valence electrons. The highest BCUT2D eigenvalue weighted by molar-refractivity contribution is 5.79. The first-order valence-electron chi connectivity index (χ1n) is 8.25. The van der Waals surface area contributed by atoms with Crippen LogP contribution in [0.5, 0.6) is 5.75 Å². The second-order valence-corrected chi connectivity index (χ2v) is 6.49. The van der Waals surface area contributed by atoms with Crippen molar-refractivity contribution in [1.29, 1.82) is 0 Å². The number of carbonyl (C=O) groups is 1. The maximum absolute atomic E-state index is 12.4. The molecule has 1 aromatic rings. The number of piperidine rings is 1. The lowest BCUT2D eigenvalue weighted by atomic mass is 10.0. The van der Waals surface area contributed by atoms with Gasteiger partial charge in [-0.3, -0.25) is 4.79 Å². The molecule has 1 unspecified atom stereocenters. The van der Waals surface area contributed by atoms with Crippen LogP contribution in [0.4, 0.5) is 0 Å². The fourth-order valence-corrected chi connectivity index (χ4v) is 2.69. The normalized spacial score (nSPS) is 18.5. The zero-order chi connectivity index (χ0) is 15.9. The Hall–Kier alpha value is -1.55. The number of ether oxygens (including phenoxy) is 1. The first-order valence-corrected chi connectivity index (χ1v) is 8.25. The molecule has 0 bridgehead atoms. The smallest absolute Gasteiger partial charge is 0.227 e. The van der Waals surface area contributed by atoms with Gasteiger partial charge in [-0.05, 0) is 43.5 Å². The molecule has 4 heteroatoms. The summed E-state index contributed by atoms with van der Waals surface area (Å²) in [6, 6.07) is 8.33. The van der Waals surface area contributed by atoms with Gasteiger partial charge < -0.3 is 15.0 Å². The second kappa shape index (κ2) is 8.18. The van der Waals surface area contributed by atoms with Crippen molar-refractivity contribution in [3.05, 3.63) is 29.8 Å². The van der Waals surface area contributed by atoms with Crippen LogP contribution in [-0.4, -0.2) is 43.6 Å². The Kier molecular flexibility index (Phi) is 6.25. The number of benzene rings is 1. The van der Waals surface area contributed by atoms with E-state index in [1.165, 1.54) is 0 Å². The molecule has 1 aliphatic heterocycles. The number of rotatable bonds is 6. The van der Waals surface area contributed by atoms with Gasteiger partial charge in [0.25, 0.3) is 0 Å². The molecular formula is C18H28N2O2. The Labute approximate surface area is 133 Å². The molecule has 0 aromatic heterocycles. The van der Waals surface area contributed by atoms with E-state index in [1.54, 1.807) is 0 Å². The number of carbonyl (C=O) groups excluding carboxylic acids is 1. The number of likely N-dealkylation sites (N-methyl/N-ethyl adjacent to an activating group) is 1. The van der Waals surface area contributed by atoms with Gasteiger partial charge in [0, 0.05) is 19.1 Å². The molecular weight excluding hydrogens is 276 g/mol. The Bertz CT molecular complexity index is 470. The molecule has 1 N–H and O–H groups in total. The van der Waals surface area contributed by atoms with E-state index in [9.17, 15) is 4.79 Å². The lowest BCUT2D eigenvalue weighted by Gasteiger charge is -2.32. The summed E-state index contributed by atoms with van der Waals surface area (Å²) < 4.78 is 5.67. The van der Waals surface area contributed by atoms with Crippen molar-refractivity contribution in [3.63, 3.8) is 0 Å². The number of amides is 1. The quantitative estimate of drug-likeness (QED) is 0.878. The summed E-state index contributed by atoms with van der Waals surface area (Å²) in [4.78, 5) is 14.4. The zero-order valence-corrected chi connectivity index (χ0v) is 14.0. The van der Waals surface area contributed by atoms with Gasteiger partial charge in [0.05, 0.1) is 13.0 Å². The van der Waals surface area contributed by atoms with E-state index in [1.807, 2.05) is 36.2 Å². The summed E-state index contributed by atoms with van der Waals surface area (Å²) >= 11 is 0. The Balaban J connectivity index is 1.86. The van der Waals surface area contributed by atoms with Crippen LogP contribution >= 0.6 is 0 Å². The zero-order valence-electron chi connectivity index (χ0n) is 14.0. The van der Waals surface area contributed by atoms with Crippen molar-refractivity contribution in [2.24, 2.45) is 5.92 Å². The van der Waals surface area contributed by atoms with Crippen LogP contribution in [0.1, 0.15) is 32.3 Å². The van der Waals surface area contributed by atoms with E-state index in [4.69, 9.17) is 4.74 Å². The average molecular weight is 304 g/mol. The molecule has 1 fully saturated rings. The number of hydrogen-bond donors (Lipinski definition) is 1. The number of nitrogens with zero attached hydrogens (tertiary/aromatic N) is 1.